The minimum Gasteiger partial charge on any atom is -0.444 e. The van der Waals surface area contributed by atoms with Crippen molar-refractivity contribution in [2.75, 3.05) is 13.1 Å². The van der Waals surface area contributed by atoms with E-state index in [9.17, 15) is 22.4 Å². The minimum absolute atomic E-state index is 0.195. The van der Waals surface area contributed by atoms with Crippen LogP contribution in [-0.2, 0) is 10.9 Å². The maximum absolute atomic E-state index is 13.7. The molecule has 0 aromatic heterocycles. The molecule has 1 fully saturated rings. The average molecular weight is 333 g/mol. The van der Waals surface area contributed by atoms with Crippen molar-refractivity contribution in [3.63, 3.8) is 0 Å². The number of carbonyl (C=O) groups is 1. The van der Waals surface area contributed by atoms with Crippen LogP contribution in [0, 0.1) is 5.82 Å². The maximum atomic E-state index is 13.7. The van der Waals surface area contributed by atoms with Crippen molar-refractivity contribution in [2.45, 2.75) is 44.9 Å². The van der Waals surface area contributed by atoms with Crippen molar-refractivity contribution >= 4 is 6.09 Å². The zero-order valence-corrected chi connectivity index (χ0v) is 13.2. The predicted molar refractivity (Wildman–Crippen MR) is 76.6 cm³/mol. The van der Waals surface area contributed by atoms with Gasteiger partial charge < -0.3 is 9.64 Å². The van der Waals surface area contributed by atoms with E-state index >= 15 is 0 Å². The molecule has 1 atom stereocenters. The van der Waals surface area contributed by atoms with Crippen LogP contribution < -0.4 is 0 Å². The Morgan fingerprint density at radius 3 is 2.43 bits per heavy atom. The van der Waals surface area contributed by atoms with Gasteiger partial charge in [0.2, 0.25) is 0 Å². The molecule has 23 heavy (non-hydrogen) atoms. The molecule has 128 valence electrons. The molecule has 0 radical (unpaired) electrons. The number of alkyl halides is 3. The van der Waals surface area contributed by atoms with Crippen molar-refractivity contribution in [3.8, 4) is 0 Å². The molecule has 0 saturated carbocycles. The molecule has 3 nitrogen and oxygen atoms in total. The van der Waals surface area contributed by atoms with E-state index in [1.54, 1.807) is 20.8 Å². The molecular weight excluding hydrogens is 314 g/mol. The van der Waals surface area contributed by atoms with Crippen LogP contribution >= 0.6 is 0 Å². The lowest BCUT2D eigenvalue weighted by molar-refractivity contribution is -0.140. The third-order valence-electron chi connectivity index (χ3n) is 3.61. The van der Waals surface area contributed by atoms with Gasteiger partial charge in [-0.25, -0.2) is 9.18 Å². The molecule has 0 N–H and O–H groups in total. The second kappa shape index (κ2) is 6.02. The average Bonchev–Trinajstić information content (AvgIpc) is 2.84. The van der Waals surface area contributed by atoms with E-state index in [-0.39, 0.29) is 5.92 Å². The maximum Gasteiger partial charge on any atom is 0.419 e. The smallest absolute Gasteiger partial charge is 0.419 e. The van der Waals surface area contributed by atoms with Crippen molar-refractivity contribution in [2.24, 2.45) is 0 Å². The van der Waals surface area contributed by atoms with E-state index in [4.69, 9.17) is 4.74 Å². The van der Waals surface area contributed by atoms with Crippen LogP contribution in [0.3, 0.4) is 0 Å². The summed E-state index contributed by atoms with van der Waals surface area (Å²) in [6.07, 6.45) is -4.61. The Labute approximate surface area is 132 Å². The van der Waals surface area contributed by atoms with Crippen LogP contribution in [0.25, 0.3) is 0 Å². The fourth-order valence-electron chi connectivity index (χ4n) is 2.54. The van der Waals surface area contributed by atoms with E-state index in [0.717, 1.165) is 12.1 Å². The molecule has 1 heterocycles. The number of hydrogen-bond donors (Lipinski definition) is 0. The number of likely N-dealkylation sites (tertiary alicyclic amines) is 1. The first-order valence-corrected chi connectivity index (χ1v) is 7.32. The van der Waals surface area contributed by atoms with E-state index in [2.05, 4.69) is 0 Å². The summed E-state index contributed by atoms with van der Waals surface area (Å²) in [4.78, 5) is 13.5. The molecule has 1 saturated heterocycles. The minimum atomic E-state index is -4.71. The number of rotatable bonds is 1. The topological polar surface area (TPSA) is 29.5 Å². The van der Waals surface area contributed by atoms with Crippen LogP contribution in [-0.4, -0.2) is 29.7 Å². The Bertz CT molecular complexity index is 593. The fourth-order valence-corrected chi connectivity index (χ4v) is 2.54. The second-order valence-corrected chi connectivity index (χ2v) is 6.65. The lowest BCUT2D eigenvalue weighted by atomic mass is 9.97. The van der Waals surface area contributed by atoms with E-state index in [1.165, 1.54) is 11.0 Å². The van der Waals surface area contributed by atoms with Gasteiger partial charge in [-0.1, -0.05) is 6.07 Å². The summed E-state index contributed by atoms with van der Waals surface area (Å²) < 4.78 is 56.6. The third-order valence-corrected chi connectivity index (χ3v) is 3.61. The van der Waals surface area contributed by atoms with Gasteiger partial charge >= 0.3 is 12.3 Å². The molecule has 0 bridgehead atoms. The molecule has 1 aliphatic heterocycles. The van der Waals surface area contributed by atoms with Crippen LogP contribution in [0.15, 0.2) is 18.2 Å². The number of halogens is 4. The standard InChI is InChI=1S/C16H19F4NO2/c1-15(2,3)23-14(22)21-7-6-11(9-21)10-4-5-12(13(17)8-10)16(18,19)20/h4-5,8,11H,6-7,9H2,1-3H3. The highest BCUT2D eigenvalue weighted by Gasteiger charge is 2.35. The van der Waals surface area contributed by atoms with Gasteiger partial charge in [-0.05, 0) is 44.9 Å². The number of carbonyl (C=O) groups excluding carboxylic acids is 1. The van der Waals surface area contributed by atoms with E-state index in [0.29, 0.717) is 25.1 Å². The van der Waals surface area contributed by atoms with Crippen molar-refractivity contribution < 1.29 is 27.1 Å². The third kappa shape index (κ3) is 4.36. The molecule has 0 spiro atoms. The van der Waals surface area contributed by atoms with Gasteiger partial charge in [-0.15, -0.1) is 0 Å². The zero-order chi connectivity index (χ0) is 17.4. The van der Waals surface area contributed by atoms with Gasteiger partial charge in [0.25, 0.3) is 0 Å². The number of hydrogen-bond acceptors (Lipinski definition) is 2. The highest BCUT2D eigenvalue weighted by Crippen LogP contribution is 2.34. The molecule has 1 aromatic rings. The van der Waals surface area contributed by atoms with E-state index in [1.807, 2.05) is 0 Å². The zero-order valence-electron chi connectivity index (χ0n) is 13.2. The number of ether oxygens (including phenoxy) is 1. The summed E-state index contributed by atoms with van der Waals surface area (Å²) in [6.45, 7) is 6.00. The summed E-state index contributed by atoms with van der Waals surface area (Å²) in [7, 11) is 0. The Balaban J connectivity index is 2.08. The largest absolute Gasteiger partial charge is 0.444 e. The molecule has 1 aliphatic rings. The first-order valence-electron chi connectivity index (χ1n) is 7.32. The summed E-state index contributed by atoms with van der Waals surface area (Å²) in [5, 5.41) is 0. The fraction of sp³-hybridized carbons (Fsp3) is 0.562. The van der Waals surface area contributed by atoms with Crippen molar-refractivity contribution in [1.29, 1.82) is 0 Å². The first kappa shape index (κ1) is 17.6. The SMILES string of the molecule is CC(C)(C)OC(=O)N1CCC(c2ccc(C(F)(F)F)c(F)c2)C1. The van der Waals surface area contributed by atoms with Crippen molar-refractivity contribution in [1.82, 2.24) is 4.90 Å². The van der Waals surface area contributed by atoms with Crippen LogP contribution in [0.4, 0.5) is 22.4 Å². The second-order valence-electron chi connectivity index (χ2n) is 6.65. The molecule has 1 unspecified atom stereocenters. The predicted octanol–water partition coefficient (Wildman–Crippen LogP) is 4.57. The normalized spacial score (nSPS) is 19.1. The van der Waals surface area contributed by atoms with Gasteiger partial charge in [0.1, 0.15) is 11.4 Å². The molecule has 2 rings (SSSR count). The van der Waals surface area contributed by atoms with Crippen LogP contribution in [0.1, 0.15) is 44.2 Å². The number of nitrogens with zero attached hydrogens (tertiary/aromatic N) is 1. The quantitative estimate of drug-likeness (QED) is 0.705. The van der Waals surface area contributed by atoms with Crippen LogP contribution in [0.2, 0.25) is 0 Å². The summed E-state index contributed by atoms with van der Waals surface area (Å²) >= 11 is 0. The highest BCUT2D eigenvalue weighted by atomic mass is 19.4. The van der Waals surface area contributed by atoms with Crippen LogP contribution in [0.5, 0.6) is 0 Å². The monoisotopic (exact) mass is 333 g/mol. The first-order chi connectivity index (χ1) is 10.5. The molecular formula is C16H19F4NO2. The van der Waals surface area contributed by atoms with Crippen molar-refractivity contribution in [3.05, 3.63) is 35.1 Å². The summed E-state index contributed by atoms with van der Waals surface area (Å²) in [5.74, 6) is -1.48. The van der Waals surface area contributed by atoms with Gasteiger partial charge in [-0.3, -0.25) is 0 Å². The Morgan fingerprint density at radius 1 is 1.26 bits per heavy atom. The van der Waals surface area contributed by atoms with Gasteiger partial charge in [-0.2, -0.15) is 13.2 Å². The molecule has 1 amide bonds. The number of amides is 1. The number of benzene rings is 1. The highest BCUT2D eigenvalue weighted by molar-refractivity contribution is 5.68. The molecule has 1 aromatic carbocycles. The van der Waals surface area contributed by atoms with Gasteiger partial charge in [0.15, 0.2) is 0 Å². The molecule has 0 aliphatic carbocycles. The lowest BCUT2D eigenvalue weighted by Crippen LogP contribution is -2.35. The van der Waals surface area contributed by atoms with Gasteiger partial charge in [0.05, 0.1) is 5.56 Å². The Hall–Kier alpha value is -1.79. The molecule has 7 heteroatoms. The Morgan fingerprint density at radius 2 is 1.91 bits per heavy atom. The summed E-state index contributed by atoms with van der Waals surface area (Å²) in [5.41, 5.74) is -1.43. The van der Waals surface area contributed by atoms with E-state index < -0.39 is 29.3 Å². The summed E-state index contributed by atoms with van der Waals surface area (Å²) in [6, 6.07) is 2.93. The Kier molecular flexibility index (Phi) is 4.59. The lowest BCUT2D eigenvalue weighted by Gasteiger charge is -2.24. The van der Waals surface area contributed by atoms with Gasteiger partial charge in [0, 0.05) is 19.0 Å².